The molecule has 0 heterocycles. The highest BCUT2D eigenvalue weighted by molar-refractivity contribution is 7.92. The fourth-order valence-electron chi connectivity index (χ4n) is 3.95. The van der Waals surface area contributed by atoms with Crippen molar-refractivity contribution in [3.8, 4) is 11.5 Å². The zero-order chi connectivity index (χ0) is 31.0. The van der Waals surface area contributed by atoms with Gasteiger partial charge in [0.1, 0.15) is 13.2 Å². The van der Waals surface area contributed by atoms with Crippen molar-refractivity contribution in [3.63, 3.8) is 0 Å². The molecule has 0 aliphatic rings. The topological polar surface area (TPSA) is 97.3 Å². The molecular formula is C31H28F3N3O5S. The number of hydrogen-bond acceptors (Lipinski definition) is 6. The lowest BCUT2D eigenvalue weighted by Crippen LogP contribution is -2.39. The zero-order valence-electron chi connectivity index (χ0n) is 23.2. The van der Waals surface area contributed by atoms with E-state index < -0.39 is 34.2 Å². The first-order valence-electron chi connectivity index (χ1n) is 12.9. The van der Waals surface area contributed by atoms with E-state index in [4.69, 9.17) is 9.47 Å². The van der Waals surface area contributed by atoms with Gasteiger partial charge >= 0.3 is 6.18 Å². The number of nitrogens with one attached hydrogen (secondary N) is 1. The summed E-state index contributed by atoms with van der Waals surface area (Å²) < 4.78 is 79.0. The number of amides is 1. The second kappa shape index (κ2) is 13.4. The predicted molar refractivity (Wildman–Crippen MR) is 157 cm³/mol. The number of ether oxygens (including phenoxy) is 2. The molecule has 0 saturated carbocycles. The van der Waals surface area contributed by atoms with Crippen LogP contribution < -0.4 is 19.2 Å². The average Bonchev–Trinajstić information content (AvgIpc) is 2.99. The number of carbonyl (C=O) groups excluding carboxylic acids is 1. The summed E-state index contributed by atoms with van der Waals surface area (Å²) in [5.74, 6) is 0.0378. The molecule has 4 aromatic carbocycles. The number of halogens is 3. The molecule has 12 heteroatoms. The summed E-state index contributed by atoms with van der Waals surface area (Å²) in [4.78, 5) is 12.6. The number of aryl methyl sites for hydroxylation is 1. The van der Waals surface area contributed by atoms with Crippen LogP contribution >= 0.6 is 0 Å². The van der Waals surface area contributed by atoms with Crippen molar-refractivity contribution in [2.45, 2.75) is 24.6 Å². The lowest BCUT2D eigenvalue weighted by molar-refractivity contribution is -0.137. The van der Waals surface area contributed by atoms with E-state index in [1.54, 1.807) is 37.3 Å². The molecule has 1 N–H and O–H groups in total. The van der Waals surface area contributed by atoms with Crippen LogP contribution in [0, 0.1) is 6.92 Å². The van der Waals surface area contributed by atoms with Crippen molar-refractivity contribution in [3.05, 3.63) is 119 Å². The molecule has 4 rings (SSSR count). The summed E-state index contributed by atoms with van der Waals surface area (Å²) >= 11 is 0. The highest BCUT2D eigenvalue weighted by Crippen LogP contribution is 2.33. The van der Waals surface area contributed by atoms with E-state index in [1.165, 1.54) is 31.5 Å². The van der Waals surface area contributed by atoms with Crippen LogP contribution in [0.4, 0.5) is 18.9 Å². The van der Waals surface area contributed by atoms with Gasteiger partial charge in [-0.25, -0.2) is 13.8 Å². The van der Waals surface area contributed by atoms with E-state index in [0.29, 0.717) is 34.0 Å². The molecular weight excluding hydrogens is 583 g/mol. The highest BCUT2D eigenvalue weighted by Gasteiger charge is 2.33. The molecule has 0 unspecified atom stereocenters. The summed E-state index contributed by atoms with van der Waals surface area (Å²) in [7, 11) is -2.95. The molecule has 224 valence electrons. The van der Waals surface area contributed by atoms with Gasteiger partial charge in [0.2, 0.25) is 0 Å². The van der Waals surface area contributed by atoms with Crippen molar-refractivity contribution in [2.75, 3.05) is 18.0 Å². The number of benzene rings is 4. The molecule has 0 aromatic heterocycles. The van der Waals surface area contributed by atoms with Gasteiger partial charge in [0.25, 0.3) is 15.9 Å². The fourth-order valence-corrected chi connectivity index (χ4v) is 5.37. The van der Waals surface area contributed by atoms with Gasteiger partial charge in [-0.3, -0.25) is 9.10 Å². The van der Waals surface area contributed by atoms with E-state index >= 15 is 0 Å². The normalized spacial score (nSPS) is 11.7. The van der Waals surface area contributed by atoms with Crippen molar-refractivity contribution in [2.24, 2.45) is 5.10 Å². The lowest BCUT2D eigenvalue weighted by atomic mass is 10.2. The summed E-state index contributed by atoms with van der Waals surface area (Å²) in [6, 6.07) is 24.0. The molecule has 0 spiro atoms. The van der Waals surface area contributed by atoms with E-state index in [0.717, 1.165) is 23.3 Å². The van der Waals surface area contributed by atoms with Crippen LogP contribution in [0.3, 0.4) is 0 Å². The number of methoxy groups -OCH3 is 1. The number of alkyl halides is 3. The standard InChI is InChI=1S/C31H28F3N3O5S/c1-22-11-14-27(15-12-22)43(39,40)37(26-10-6-9-25(18-26)31(32,33)34)20-30(38)36-35-19-24-13-16-28(29(17-24)41-2)42-21-23-7-4-3-5-8-23/h3-19H,20-21H2,1-2H3,(H,36,38)/b35-19-. The van der Waals surface area contributed by atoms with Gasteiger partial charge in [0.05, 0.1) is 29.5 Å². The number of carbonyl (C=O) groups is 1. The van der Waals surface area contributed by atoms with Gasteiger partial charge in [0.15, 0.2) is 11.5 Å². The number of sulfonamides is 1. The van der Waals surface area contributed by atoms with Crippen LogP contribution in [0.25, 0.3) is 0 Å². The largest absolute Gasteiger partial charge is 0.493 e. The molecule has 0 fully saturated rings. The highest BCUT2D eigenvalue weighted by atomic mass is 32.2. The third-order valence-electron chi connectivity index (χ3n) is 6.19. The van der Waals surface area contributed by atoms with Crippen LogP contribution in [-0.2, 0) is 27.6 Å². The maximum atomic E-state index is 13.5. The van der Waals surface area contributed by atoms with E-state index in [9.17, 15) is 26.4 Å². The van der Waals surface area contributed by atoms with Crippen LogP contribution in [-0.4, -0.2) is 34.2 Å². The Hall–Kier alpha value is -4.84. The minimum absolute atomic E-state index is 0.187. The Kier molecular flexibility index (Phi) is 9.71. The first kappa shape index (κ1) is 31.1. The molecule has 0 bridgehead atoms. The maximum Gasteiger partial charge on any atom is 0.416 e. The quantitative estimate of drug-likeness (QED) is 0.167. The Balaban J connectivity index is 1.51. The number of hydrogen-bond donors (Lipinski definition) is 1. The maximum absolute atomic E-state index is 13.5. The smallest absolute Gasteiger partial charge is 0.416 e. The van der Waals surface area contributed by atoms with Crippen LogP contribution in [0.15, 0.2) is 107 Å². The number of hydrazone groups is 1. The summed E-state index contributed by atoms with van der Waals surface area (Å²) in [5, 5.41) is 3.89. The summed E-state index contributed by atoms with van der Waals surface area (Å²) in [6.45, 7) is 1.26. The molecule has 0 atom stereocenters. The van der Waals surface area contributed by atoms with Crippen molar-refractivity contribution in [1.82, 2.24) is 5.43 Å². The third kappa shape index (κ3) is 8.13. The van der Waals surface area contributed by atoms with Crippen molar-refractivity contribution >= 4 is 27.8 Å². The third-order valence-corrected chi connectivity index (χ3v) is 7.97. The number of anilines is 1. The van der Waals surface area contributed by atoms with Gasteiger partial charge < -0.3 is 9.47 Å². The Bertz CT molecular complexity index is 1690. The van der Waals surface area contributed by atoms with Gasteiger partial charge in [-0.05, 0) is 66.6 Å². The van der Waals surface area contributed by atoms with Crippen molar-refractivity contribution < 1.29 is 35.9 Å². The van der Waals surface area contributed by atoms with Gasteiger partial charge in [0, 0.05) is 0 Å². The minimum Gasteiger partial charge on any atom is -0.493 e. The monoisotopic (exact) mass is 611 g/mol. The summed E-state index contributed by atoms with van der Waals surface area (Å²) in [6.07, 6.45) is -3.41. The lowest BCUT2D eigenvalue weighted by Gasteiger charge is -2.24. The fraction of sp³-hybridized carbons (Fsp3) is 0.161. The minimum atomic E-state index is -4.72. The van der Waals surface area contributed by atoms with Crippen LogP contribution in [0.5, 0.6) is 11.5 Å². The van der Waals surface area contributed by atoms with Gasteiger partial charge in [-0.1, -0.05) is 54.1 Å². The number of rotatable bonds is 11. The first-order chi connectivity index (χ1) is 20.5. The van der Waals surface area contributed by atoms with E-state index in [1.807, 2.05) is 30.3 Å². The molecule has 43 heavy (non-hydrogen) atoms. The second-order valence-corrected chi connectivity index (χ2v) is 11.2. The average molecular weight is 612 g/mol. The second-order valence-electron chi connectivity index (χ2n) is 9.35. The van der Waals surface area contributed by atoms with Crippen LogP contribution in [0.1, 0.15) is 22.3 Å². The first-order valence-corrected chi connectivity index (χ1v) is 14.3. The molecule has 0 saturated heterocycles. The molecule has 0 aliphatic heterocycles. The predicted octanol–water partition coefficient (Wildman–Crippen LogP) is 5.95. The molecule has 8 nitrogen and oxygen atoms in total. The van der Waals surface area contributed by atoms with E-state index in [2.05, 4.69) is 10.5 Å². The van der Waals surface area contributed by atoms with Crippen molar-refractivity contribution in [1.29, 1.82) is 0 Å². The Morgan fingerprint density at radius 2 is 1.65 bits per heavy atom. The zero-order valence-corrected chi connectivity index (χ0v) is 24.0. The van der Waals surface area contributed by atoms with Gasteiger partial charge in [-0.2, -0.15) is 18.3 Å². The number of nitrogens with zero attached hydrogens (tertiary/aromatic N) is 2. The Labute approximate surface area is 247 Å². The molecule has 0 aliphatic carbocycles. The van der Waals surface area contributed by atoms with Crippen LogP contribution in [0.2, 0.25) is 0 Å². The molecule has 4 aromatic rings. The Morgan fingerprint density at radius 3 is 2.33 bits per heavy atom. The molecule has 1 amide bonds. The Morgan fingerprint density at radius 1 is 0.930 bits per heavy atom. The summed E-state index contributed by atoms with van der Waals surface area (Å²) in [5.41, 5.74) is 3.14. The van der Waals surface area contributed by atoms with E-state index in [-0.39, 0.29) is 10.6 Å². The SMILES string of the molecule is COc1cc(/C=N\NC(=O)CN(c2cccc(C(F)(F)F)c2)S(=O)(=O)c2ccc(C)cc2)ccc1OCc1ccccc1. The molecule has 0 radical (unpaired) electrons. The van der Waals surface area contributed by atoms with Gasteiger partial charge in [-0.15, -0.1) is 0 Å².